The number of carbonyl (C=O) groups is 1. The largest absolute Gasteiger partial charge is 0.481 e. The summed E-state index contributed by atoms with van der Waals surface area (Å²) >= 11 is 0. The van der Waals surface area contributed by atoms with Gasteiger partial charge >= 0.3 is 0 Å². The lowest BCUT2D eigenvalue weighted by Crippen LogP contribution is -2.37. The van der Waals surface area contributed by atoms with Crippen LogP contribution in [0.25, 0.3) is 0 Å². The molecule has 1 unspecified atom stereocenters. The SMILES string of the molecule is Cc1ccc([C@@H](C)O)c(OC(C)C(=O)NCCC(C)C)c1. The van der Waals surface area contributed by atoms with E-state index in [0.29, 0.717) is 23.8 Å². The van der Waals surface area contributed by atoms with Gasteiger partial charge in [-0.15, -0.1) is 0 Å². The predicted octanol–water partition coefficient (Wildman–Crippen LogP) is 2.98. The molecule has 2 atom stereocenters. The third kappa shape index (κ3) is 5.76. The molecule has 1 rings (SSSR count). The van der Waals surface area contributed by atoms with Crippen molar-refractivity contribution in [1.29, 1.82) is 0 Å². The van der Waals surface area contributed by atoms with Gasteiger partial charge in [-0.25, -0.2) is 0 Å². The van der Waals surface area contributed by atoms with Crippen LogP contribution in [0.5, 0.6) is 5.75 Å². The molecule has 0 fully saturated rings. The lowest BCUT2D eigenvalue weighted by molar-refractivity contribution is -0.127. The Morgan fingerprint density at radius 2 is 1.95 bits per heavy atom. The smallest absolute Gasteiger partial charge is 0.260 e. The summed E-state index contributed by atoms with van der Waals surface area (Å²) in [6.45, 7) is 10.2. The number of hydrogen-bond donors (Lipinski definition) is 2. The number of ether oxygens (including phenoxy) is 1. The molecular formula is C17H27NO3. The molecule has 0 saturated carbocycles. The number of aryl methyl sites for hydroxylation is 1. The highest BCUT2D eigenvalue weighted by atomic mass is 16.5. The highest BCUT2D eigenvalue weighted by Crippen LogP contribution is 2.27. The zero-order chi connectivity index (χ0) is 16.0. The van der Waals surface area contributed by atoms with Crippen molar-refractivity contribution in [2.24, 2.45) is 5.92 Å². The quantitative estimate of drug-likeness (QED) is 0.812. The van der Waals surface area contributed by atoms with Crippen LogP contribution in [-0.2, 0) is 4.79 Å². The number of benzene rings is 1. The van der Waals surface area contributed by atoms with E-state index in [9.17, 15) is 9.90 Å². The summed E-state index contributed by atoms with van der Waals surface area (Å²) in [7, 11) is 0. The third-order valence-electron chi connectivity index (χ3n) is 3.31. The van der Waals surface area contributed by atoms with Crippen LogP contribution in [0.1, 0.15) is 51.3 Å². The second-order valence-corrected chi connectivity index (χ2v) is 5.95. The highest BCUT2D eigenvalue weighted by Gasteiger charge is 2.17. The van der Waals surface area contributed by atoms with E-state index in [0.717, 1.165) is 12.0 Å². The van der Waals surface area contributed by atoms with Crippen LogP contribution in [0.3, 0.4) is 0 Å². The summed E-state index contributed by atoms with van der Waals surface area (Å²) in [5.41, 5.74) is 1.73. The maximum absolute atomic E-state index is 12.0. The standard InChI is InChI=1S/C17H27NO3/c1-11(2)8-9-18-17(20)14(5)21-16-10-12(3)6-7-15(16)13(4)19/h6-7,10-11,13-14,19H,8-9H2,1-5H3,(H,18,20)/t13-,14?/m1/s1. The molecule has 0 saturated heterocycles. The summed E-state index contributed by atoms with van der Waals surface area (Å²) in [6.07, 6.45) is -0.268. The summed E-state index contributed by atoms with van der Waals surface area (Å²) in [6, 6.07) is 5.60. The molecule has 0 aliphatic rings. The fourth-order valence-corrected chi connectivity index (χ4v) is 1.96. The lowest BCUT2D eigenvalue weighted by Gasteiger charge is -2.19. The molecule has 0 bridgehead atoms. The number of nitrogens with one attached hydrogen (secondary N) is 1. The zero-order valence-electron chi connectivity index (χ0n) is 13.6. The number of aliphatic hydroxyl groups excluding tert-OH is 1. The molecule has 0 aliphatic heterocycles. The Kier molecular flexibility index (Phi) is 6.69. The Labute approximate surface area is 127 Å². The van der Waals surface area contributed by atoms with E-state index in [-0.39, 0.29) is 5.91 Å². The number of aliphatic hydroxyl groups is 1. The Morgan fingerprint density at radius 3 is 2.52 bits per heavy atom. The Hall–Kier alpha value is -1.55. The topological polar surface area (TPSA) is 58.6 Å². The molecule has 0 aromatic heterocycles. The normalized spacial score (nSPS) is 13.9. The van der Waals surface area contributed by atoms with Crippen molar-refractivity contribution >= 4 is 5.91 Å². The predicted molar refractivity (Wildman–Crippen MR) is 84.4 cm³/mol. The molecule has 0 heterocycles. The van der Waals surface area contributed by atoms with Crippen molar-refractivity contribution in [3.63, 3.8) is 0 Å². The minimum absolute atomic E-state index is 0.131. The molecule has 1 amide bonds. The molecular weight excluding hydrogens is 266 g/mol. The fourth-order valence-electron chi connectivity index (χ4n) is 1.96. The fraction of sp³-hybridized carbons (Fsp3) is 0.588. The average molecular weight is 293 g/mol. The van der Waals surface area contributed by atoms with Crippen molar-refractivity contribution < 1.29 is 14.6 Å². The van der Waals surface area contributed by atoms with E-state index in [1.807, 2.05) is 25.1 Å². The highest BCUT2D eigenvalue weighted by molar-refractivity contribution is 5.80. The summed E-state index contributed by atoms with van der Waals surface area (Å²) in [4.78, 5) is 12.0. The van der Waals surface area contributed by atoms with Gasteiger partial charge in [-0.1, -0.05) is 26.0 Å². The molecule has 4 nitrogen and oxygen atoms in total. The summed E-state index contributed by atoms with van der Waals surface area (Å²) in [5, 5.41) is 12.6. The van der Waals surface area contributed by atoms with Crippen molar-refractivity contribution in [3.05, 3.63) is 29.3 Å². The molecule has 1 aromatic carbocycles. The van der Waals surface area contributed by atoms with Gasteiger partial charge in [0.2, 0.25) is 0 Å². The van der Waals surface area contributed by atoms with Gasteiger partial charge in [-0.2, -0.15) is 0 Å². The van der Waals surface area contributed by atoms with E-state index in [2.05, 4.69) is 19.2 Å². The van der Waals surface area contributed by atoms with Crippen molar-refractivity contribution in [1.82, 2.24) is 5.32 Å². The van der Waals surface area contributed by atoms with E-state index in [1.165, 1.54) is 0 Å². The van der Waals surface area contributed by atoms with Gasteiger partial charge < -0.3 is 15.2 Å². The Bertz CT molecular complexity index is 469. The van der Waals surface area contributed by atoms with Crippen molar-refractivity contribution in [3.8, 4) is 5.75 Å². The molecule has 0 spiro atoms. The van der Waals surface area contributed by atoms with Crippen LogP contribution in [0.15, 0.2) is 18.2 Å². The van der Waals surface area contributed by atoms with Gasteiger partial charge in [0.25, 0.3) is 5.91 Å². The molecule has 0 radical (unpaired) electrons. The van der Waals surface area contributed by atoms with Crippen LogP contribution in [-0.4, -0.2) is 23.7 Å². The van der Waals surface area contributed by atoms with Gasteiger partial charge in [-0.3, -0.25) is 4.79 Å². The second-order valence-electron chi connectivity index (χ2n) is 5.95. The number of hydrogen-bond acceptors (Lipinski definition) is 3. The van der Waals surface area contributed by atoms with E-state index < -0.39 is 12.2 Å². The van der Waals surface area contributed by atoms with Crippen LogP contribution >= 0.6 is 0 Å². The first-order valence-corrected chi connectivity index (χ1v) is 7.54. The van der Waals surface area contributed by atoms with Gasteiger partial charge in [0.1, 0.15) is 5.75 Å². The number of amides is 1. The van der Waals surface area contributed by atoms with Crippen LogP contribution < -0.4 is 10.1 Å². The minimum atomic E-state index is -0.628. The molecule has 1 aromatic rings. The summed E-state index contributed by atoms with van der Waals surface area (Å²) < 4.78 is 5.73. The molecule has 2 N–H and O–H groups in total. The molecule has 4 heteroatoms. The Morgan fingerprint density at radius 1 is 1.29 bits per heavy atom. The maximum Gasteiger partial charge on any atom is 0.260 e. The number of carbonyl (C=O) groups excluding carboxylic acids is 1. The van der Waals surface area contributed by atoms with Gasteiger partial charge in [-0.05, 0) is 44.7 Å². The van der Waals surface area contributed by atoms with Crippen LogP contribution in [0, 0.1) is 12.8 Å². The van der Waals surface area contributed by atoms with Gasteiger partial charge in [0.05, 0.1) is 6.10 Å². The van der Waals surface area contributed by atoms with Crippen LogP contribution in [0.2, 0.25) is 0 Å². The first-order valence-electron chi connectivity index (χ1n) is 7.54. The maximum atomic E-state index is 12.0. The lowest BCUT2D eigenvalue weighted by atomic mass is 10.1. The minimum Gasteiger partial charge on any atom is -0.481 e. The zero-order valence-corrected chi connectivity index (χ0v) is 13.6. The van der Waals surface area contributed by atoms with Gasteiger partial charge in [0.15, 0.2) is 6.10 Å². The van der Waals surface area contributed by atoms with Crippen LogP contribution in [0.4, 0.5) is 0 Å². The van der Waals surface area contributed by atoms with E-state index in [4.69, 9.17) is 4.74 Å². The van der Waals surface area contributed by atoms with E-state index >= 15 is 0 Å². The third-order valence-corrected chi connectivity index (χ3v) is 3.31. The molecule has 118 valence electrons. The summed E-state index contributed by atoms with van der Waals surface area (Å²) in [5.74, 6) is 0.991. The Balaban J connectivity index is 2.67. The molecule has 0 aliphatic carbocycles. The first-order chi connectivity index (χ1) is 9.81. The van der Waals surface area contributed by atoms with Crippen molar-refractivity contribution in [2.45, 2.75) is 53.2 Å². The van der Waals surface area contributed by atoms with Crippen molar-refractivity contribution in [2.75, 3.05) is 6.54 Å². The monoisotopic (exact) mass is 293 g/mol. The average Bonchev–Trinajstić information content (AvgIpc) is 2.37. The number of rotatable bonds is 7. The first kappa shape index (κ1) is 17.5. The second kappa shape index (κ2) is 8.03. The van der Waals surface area contributed by atoms with E-state index in [1.54, 1.807) is 13.8 Å². The van der Waals surface area contributed by atoms with Gasteiger partial charge in [0, 0.05) is 12.1 Å². The molecule has 21 heavy (non-hydrogen) atoms.